The topological polar surface area (TPSA) is 87.5 Å². The Bertz CT molecular complexity index is 424. The molecule has 0 spiro atoms. The Balaban J connectivity index is 2.09. The number of nitrogens with one attached hydrogen (secondary N) is 1. The summed E-state index contributed by atoms with van der Waals surface area (Å²) in [5.41, 5.74) is 15.0. The number of nitrogens with zero attached hydrogens (tertiary/aromatic N) is 1. The molecule has 1 aromatic rings. The fraction of sp³-hybridized carbons (Fsp3) is 0.571. The Hall–Kier alpha value is -1.30. The van der Waals surface area contributed by atoms with Crippen molar-refractivity contribution in [2.45, 2.75) is 25.4 Å². The molecule has 106 valence electrons. The molecule has 0 amide bonds. The van der Waals surface area contributed by atoms with Crippen molar-refractivity contribution in [3.05, 3.63) is 23.8 Å². The number of hydrogen-bond acceptors (Lipinski definition) is 5. The Labute approximate surface area is 114 Å². The van der Waals surface area contributed by atoms with Crippen molar-refractivity contribution in [1.29, 1.82) is 0 Å². The molecule has 2 rings (SSSR count). The molecule has 19 heavy (non-hydrogen) atoms. The standard InChI is InChI=1S/C14H24N4O/c1-10-6-12(2-3-14(10)16)18-9-11(15)7-13(18)8-17-4-5-19/h2-3,6,11,13,17,19H,4-5,7-9,15-16H2,1H3. The zero-order chi connectivity index (χ0) is 13.8. The van der Waals surface area contributed by atoms with E-state index in [4.69, 9.17) is 16.6 Å². The summed E-state index contributed by atoms with van der Waals surface area (Å²) in [6, 6.07) is 6.71. The molecule has 0 aliphatic carbocycles. The number of rotatable bonds is 5. The van der Waals surface area contributed by atoms with Crippen LogP contribution in [0.4, 0.5) is 11.4 Å². The number of aryl methyl sites for hydroxylation is 1. The van der Waals surface area contributed by atoms with Gasteiger partial charge in [-0.2, -0.15) is 0 Å². The van der Waals surface area contributed by atoms with E-state index in [1.165, 1.54) is 5.69 Å². The van der Waals surface area contributed by atoms with E-state index >= 15 is 0 Å². The van der Waals surface area contributed by atoms with Crippen LogP contribution in [0.15, 0.2) is 18.2 Å². The van der Waals surface area contributed by atoms with Crippen molar-refractivity contribution in [2.75, 3.05) is 36.9 Å². The molecule has 0 radical (unpaired) electrons. The van der Waals surface area contributed by atoms with Crippen LogP contribution in [-0.2, 0) is 0 Å². The first kappa shape index (κ1) is 14.1. The second-order valence-electron chi connectivity index (χ2n) is 5.27. The Kier molecular flexibility index (Phi) is 4.63. The molecule has 0 aromatic heterocycles. The van der Waals surface area contributed by atoms with Crippen LogP contribution in [0.25, 0.3) is 0 Å². The highest BCUT2D eigenvalue weighted by atomic mass is 16.3. The van der Waals surface area contributed by atoms with Crippen molar-refractivity contribution in [1.82, 2.24) is 5.32 Å². The second-order valence-corrected chi connectivity index (χ2v) is 5.27. The Morgan fingerprint density at radius 2 is 2.26 bits per heavy atom. The molecule has 1 heterocycles. The molecule has 1 aliphatic rings. The van der Waals surface area contributed by atoms with Gasteiger partial charge < -0.3 is 26.8 Å². The SMILES string of the molecule is Cc1cc(N2CC(N)CC2CNCCO)ccc1N. The highest BCUT2D eigenvalue weighted by Crippen LogP contribution is 2.27. The minimum atomic E-state index is 0.166. The van der Waals surface area contributed by atoms with Gasteiger partial charge in [0.05, 0.1) is 6.61 Å². The number of nitrogen functional groups attached to an aromatic ring is 1. The third-order valence-corrected chi connectivity index (χ3v) is 3.70. The highest BCUT2D eigenvalue weighted by molar-refractivity contribution is 5.59. The molecule has 1 aromatic carbocycles. The number of nitrogens with two attached hydrogens (primary N) is 2. The summed E-state index contributed by atoms with van der Waals surface area (Å²) in [5, 5.41) is 12.1. The second kappa shape index (κ2) is 6.23. The number of hydrogen-bond donors (Lipinski definition) is 4. The molecular formula is C14H24N4O. The van der Waals surface area contributed by atoms with Crippen LogP contribution in [0.3, 0.4) is 0 Å². The fourth-order valence-corrected chi connectivity index (χ4v) is 2.65. The monoisotopic (exact) mass is 264 g/mol. The summed E-state index contributed by atoms with van der Waals surface area (Å²) in [6.45, 7) is 4.53. The smallest absolute Gasteiger partial charge is 0.0555 e. The van der Waals surface area contributed by atoms with Gasteiger partial charge in [0.2, 0.25) is 0 Å². The van der Waals surface area contributed by atoms with Crippen molar-refractivity contribution in [3.63, 3.8) is 0 Å². The van der Waals surface area contributed by atoms with Crippen LogP contribution in [0, 0.1) is 6.92 Å². The number of anilines is 2. The van der Waals surface area contributed by atoms with Gasteiger partial charge in [-0.3, -0.25) is 0 Å². The van der Waals surface area contributed by atoms with Gasteiger partial charge in [-0.05, 0) is 37.1 Å². The number of benzene rings is 1. The van der Waals surface area contributed by atoms with Crippen LogP contribution in [-0.4, -0.2) is 43.4 Å². The van der Waals surface area contributed by atoms with Crippen molar-refractivity contribution in [3.8, 4) is 0 Å². The predicted octanol–water partition coefficient (Wildman–Crippen LogP) is 0.0651. The lowest BCUT2D eigenvalue weighted by Crippen LogP contribution is -2.39. The van der Waals surface area contributed by atoms with Gasteiger partial charge in [-0.15, -0.1) is 0 Å². The molecule has 6 N–H and O–H groups in total. The van der Waals surface area contributed by atoms with Crippen LogP contribution in [0.2, 0.25) is 0 Å². The summed E-state index contributed by atoms with van der Waals surface area (Å²) in [7, 11) is 0. The van der Waals surface area contributed by atoms with Gasteiger partial charge in [0, 0.05) is 43.1 Å². The van der Waals surface area contributed by atoms with Crippen LogP contribution >= 0.6 is 0 Å². The van der Waals surface area contributed by atoms with Gasteiger partial charge in [-0.1, -0.05) is 0 Å². The predicted molar refractivity (Wildman–Crippen MR) is 79.3 cm³/mol. The molecule has 5 nitrogen and oxygen atoms in total. The van der Waals surface area contributed by atoms with Gasteiger partial charge in [0.1, 0.15) is 0 Å². The van der Waals surface area contributed by atoms with Crippen LogP contribution in [0.5, 0.6) is 0 Å². The molecule has 0 bridgehead atoms. The quantitative estimate of drug-likeness (QED) is 0.446. The van der Waals surface area contributed by atoms with Crippen LogP contribution in [0.1, 0.15) is 12.0 Å². The Morgan fingerprint density at radius 1 is 1.47 bits per heavy atom. The van der Waals surface area contributed by atoms with E-state index in [0.29, 0.717) is 12.6 Å². The minimum Gasteiger partial charge on any atom is -0.399 e. The van der Waals surface area contributed by atoms with Gasteiger partial charge in [-0.25, -0.2) is 0 Å². The molecule has 2 unspecified atom stereocenters. The zero-order valence-electron chi connectivity index (χ0n) is 11.5. The molecule has 1 saturated heterocycles. The molecule has 1 fully saturated rings. The maximum Gasteiger partial charge on any atom is 0.0555 e. The van der Waals surface area contributed by atoms with E-state index < -0.39 is 0 Å². The molecule has 5 heteroatoms. The van der Waals surface area contributed by atoms with E-state index in [1.807, 2.05) is 13.0 Å². The summed E-state index contributed by atoms with van der Waals surface area (Å²) in [6.07, 6.45) is 0.974. The van der Waals surface area contributed by atoms with Crippen LogP contribution < -0.4 is 21.7 Å². The molecular weight excluding hydrogens is 240 g/mol. The Morgan fingerprint density at radius 3 is 2.95 bits per heavy atom. The van der Waals surface area contributed by atoms with E-state index in [-0.39, 0.29) is 12.6 Å². The third kappa shape index (κ3) is 3.37. The van der Waals surface area contributed by atoms with Gasteiger partial charge in [0.25, 0.3) is 0 Å². The number of aliphatic hydroxyl groups excluding tert-OH is 1. The lowest BCUT2D eigenvalue weighted by Gasteiger charge is -2.27. The normalized spacial score (nSPS) is 23.0. The average Bonchev–Trinajstić information content (AvgIpc) is 2.74. The maximum absolute atomic E-state index is 8.83. The molecule has 1 aliphatic heterocycles. The third-order valence-electron chi connectivity index (χ3n) is 3.70. The van der Waals surface area contributed by atoms with E-state index in [9.17, 15) is 0 Å². The van der Waals surface area contributed by atoms with Crippen molar-refractivity contribution < 1.29 is 5.11 Å². The first-order valence-electron chi connectivity index (χ1n) is 6.81. The van der Waals surface area contributed by atoms with E-state index in [1.54, 1.807) is 0 Å². The van der Waals surface area contributed by atoms with Gasteiger partial charge in [0.15, 0.2) is 0 Å². The van der Waals surface area contributed by atoms with Crippen molar-refractivity contribution >= 4 is 11.4 Å². The average molecular weight is 264 g/mol. The van der Waals surface area contributed by atoms with Crippen molar-refractivity contribution in [2.24, 2.45) is 5.73 Å². The van der Waals surface area contributed by atoms with E-state index in [0.717, 1.165) is 30.8 Å². The highest BCUT2D eigenvalue weighted by Gasteiger charge is 2.29. The first-order chi connectivity index (χ1) is 9.11. The van der Waals surface area contributed by atoms with E-state index in [2.05, 4.69) is 22.3 Å². The molecule has 0 saturated carbocycles. The summed E-state index contributed by atoms with van der Waals surface area (Å²) in [5.74, 6) is 0. The summed E-state index contributed by atoms with van der Waals surface area (Å²) in [4.78, 5) is 2.33. The fourth-order valence-electron chi connectivity index (χ4n) is 2.65. The van der Waals surface area contributed by atoms with Gasteiger partial charge >= 0.3 is 0 Å². The first-order valence-corrected chi connectivity index (χ1v) is 6.81. The maximum atomic E-state index is 8.83. The largest absolute Gasteiger partial charge is 0.399 e. The minimum absolute atomic E-state index is 0.166. The number of aliphatic hydroxyl groups is 1. The molecule has 2 atom stereocenters. The lowest BCUT2D eigenvalue weighted by molar-refractivity contribution is 0.291. The summed E-state index contributed by atoms with van der Waals surface area (Å²) >= 11 is 0. The zero-order valence-corrected chi connectivity index (χ0v) is 11.5. The lowest BCUT2D eigenvalue weighted by atomic mass is 10.1. The summed E-state index contributed by atoms with van der Waals surface area (Å²) < 4.78 is 0.